The molecule has 122 valence electrons. The van der Waals surface area contributed by atoms with Crippen LogP contribution < -0.4 is 15.8 Å². The van der Waals surface area contributed by atoms with Crippen molar-refractivity contribution in [1.29, 1.82) is 0 Å². The summed E-state index contributed by atoms with van der Waals surface area (Å²) in [5, 5.41) is 8.18. The van der Waals surface area contributed by atoms with E-state index in [2.05, 4.69) is 15.4 Å². The second-order valence-electron chi connectivity index (χ2n) is 6.15. The molecular weight excluding hydrogens is 314 g/mol. The third-order valence-electron chi connectivity index (χ3n) is 4.37. The second kappa shape index (κ2) is 5.59. The summed E-state index contributed by atoms with van der Waals surface area (Å²) in [4.78, 5) is 31.6. The molecule has 2 aromatic rings. The highest BCUT2D eigenvalue weighted by Crippen LogP contribution is 2.30. The van der Waals surface area contributed by atoms with Gasteiger partial charge in [0.05, 0.1) is 0 Å². The molecule has 1 atom stereocenters. The third kappa shape index (κ3) is 2.71. The molecule has 1 aliphatic heterocycles. The molecule has 0 aromatic carbocycles. The number of nitrogens with one attached hydrogen (secondary N) is 1. The fraction of sp³-hybridized carbons (Fsp3) is 0.600. The number of hydrogen-bond donors (Lipinski definition) is 1. The number of carbonyl (C=O) groups is 1. The first kappa shape index (κ1) is 14.6. The first-order chi connectivity index (χ1) is 11.2. The van der Waals surface area contributed by atoms with Gasteiger partial charge < -0.3 is 10.2 Å². The fourth-order valence-corrected chi connectivity index (χ4v) is 3.94. The van der Waals surface area contributed by atoms with Crippen molar-refractivity contribution in [3.8, 4) is 0 Å². The average Bonchev–Trinajstić information content (AvgIpc) is 3.04. The lowest BCUT2D eigenvalue weighted by Gasteiger charge is -2.22. The van der Waals surface area contributed by atoms with Crippen LogP contribution in [0.1, 0.15) is 38.3 Å². The van der Waals surface area contributed by atoms with Gasteiger partial charge in [-0.3, -0.25) is 9.59 Å². The van der Waals surface area contributed by atoms with Crippen molar-refractivity contribution in [3.05, 3.63) is 22.1 Å². The van der Waals surface area contributed by atoms with Gasteiger partial charge in [0.25, 0.3) is 5.56 Å². The molecule has 1 saturated heterocycles. The number of nitrogens with zero attached hydrogens (tertiary/aromatic N) is 4. The molecule has 1 saturated carbocycles. The molecule has 1 unspecified atom stereocenters. The van der Waals surface area contributed by atoms with Crippen LogP contribution in [0.5, 0.6) is 0 Å². The Morgan fingerprint density at radius 2 is 2.26 bits per heavy atom. The Bertz CT molecular complexity index is 810. The predicted molar refractivity (Wildman–Crippen MR) is 88.0 cm³/mol. The number of hydrogen-bond acceptors (Lipinski definition) is 6. The van der Waals surface area contributed by atoms with Gasteiger partial charge in [-0.15, -0.1) is 5.10 Å². The summed E-state index contributed by atoms with van der Waals surface area (Å²) in [5.74, 6) is 0.0822. The number of carbonyl (C=O) groups excluding carboxylic acids is 1. The smallest absolute Gasteiger partial charge is 0.275 e. The molecule has 0 spiro atoms. The van der Waals surface area contributed by atoms with Gasteiger partial charge in [0, 0.05) is 24.3 Å². The van der Waals surface area contributed by atoms with Gasteiger partial charge >= 0.3 is 0 Å². The van der Waals surface area contributed by atoms with Gasteiger partial charge in [0.2, 0.25) is 16.0 Å². The normalized spacial score (nSPS) is 21.1. The van der Waals surface area contributed by atoms with E-state index in [0.29, 0.717) is 16.1 Å². The molecular formula is C15H19N5O2S. The van der Waals surface area contributed by atoms with Gasteiger partial charge in [-0.25, -0.2) is 4.98 Å². The quantitative estimate of drug-likeness (QED) is 0.901. The van der Waals surface area contributed by atoms with Gasteiger partial charge in [-0.1, -0.05) is 18.3 Å². The Morgan fingerprint density at radius 3 is 3.00 bits per heavy atom. The summed E-state index contributed by atoms with van der Waals surface area (Å²) in [6, 6.07) is 1.70. The zero-order chi connectivity index (χ0) is 16.0. The number of fused-ring (bicyclic) bond motifs is 1. The van der Waals surface area contributed by atoms with Gasteiger partial charge in [-0.2, -0.15) is 4.52 Å². The SMILES string of the molecule is CCc1cc(=O)n2nc(N3CCCC3C(=O)NC3CC3)sc2n1. The number of aromatic nitrogens is 3. The maximum atomic E-state index is 12.4. The lowest BCUT2D eigenvalue weighted by Crippen LogP contribution is -2.44. The number of amides is 1. The van der Waals surface area contributed by atoms with Gasteiger partial charge in [-0.05, 0) is 32.1 Å². The van der Waals surface area contributed by atoms with Crippen LogP contribution in [0.25, 0.3) is 4.96 Å². The van der Waals surface area contributed by atoms with Crippen molar-refractivity contribution in [3.63, 3.8) is 0 Å². The van der Waals surface area contributed by atoms with Crippen LogP contribution in [0, 0.1) is 0 Å². The Labute approximate surface area is 137 Å². The molecule has 3 heterocycles. The number of anilines is 1. The highest BCUT2D eigenvalue weighted by atomic mass is 32.1. The molecule has 1 N–H and O–H groups in total. The minimum atomic E-state index is -0.183. The van der Waals surface area contributed by atoms with Crippen LogP contribution in [-0.4, -0.2) is 39.1 Å². The topological polar surface area (TPSA) is 79.6 Å². The first-order valence-corrected chi connectivity index (χ1v) is 8.94. The van der Waals surface area contributed by atoms with Crippen LogP contribution in [0.15, 0.2) is 10.9 Å². The molecule has 23 heavy (non-hydrogen) atoms. The highest BCUT2D eigenvalue weighted by Gasteiger charge is 2.35. The maximum absolute atomic E-state index is 12.4. The van der Waals surface area contributed by atoms with E-state index in [1.165, 1.54) is 21.9 Å². The molecule has 1 aliphatic carbocycles. The van der Waals surface area contributed by atoms with E-state index >= 15 is 0 Å². The summed E-state index contributed by atoms with van der Waals surface area (Å²) in [6.07, 6.45) is 4.67. The van der Waals surface area contributed by atoms with E-state index in [9.17, 15) is 9.59 Å². The molecule has 2 aromatic heterocycles. The van der Waals surface area contributed by atoms with Crippen molar-refractivity contribution in [2.75, 3.05) is 11.4 Å². The van der Waals surface area contributed by atoms with Gasteiger partial charge in [0.15, 0.2) is 0 Å². The predicted octanol–water partition coefficient (Wildman–Crippen LogP) is 0.961. The number of aryl methyl sites for hydroxylation is 1. The van der Waals surface area contributed by atoms with E-state index in [1.807, 2.05) is 11.8 Å². The third-order valence-corrected chi connectivity index (χ3v) is 5.32. The molecule has 0 bridgehead atoms. The summed E-state index contributed by atoms with van der Waals surface area (Å²) >= 11 is 1.38. The Kier molecular flexibility index (Phi) is 3.56. The summed E-state index contributed by atoms with van der Waals surface area (Å²) in [6.45, 7) is 2.76. The monoisotopic (exact) mass is 333 g/mol. The summed E-state index contributed by atoms with van der Waals surface area (Å²) in [7, 11) is 0. The van der Waals surface area contributed by atoms with Crippen LogP contribution in [0.2, 0.25) is 0 Å². The van der Waals surface area contributed by atoms with Crippen molar-refractivity contribution >= 4 is 27.3 Å². The highest BCUT2D eigenvalue weighted by molar-refractivity contribution is 7.20. The zero-order valence-corrected chi connectivity index (χ0v) is 13.8. The molecule has 8 heteroatoms. The molecule has 7 nitrogen and oxygen atoms in total. The minimum Gasteiger partial charge on any atom is -0.352 e. The van der Waals surface area contributed by atoms with E-state index in [1.54, 1.807) is 0 Å². The molecule has 1 amide bonds. The Morgan fingerprint density at radius 1 is 1.43 bits per heavy atom. The second-order valence-corrected chi connectivity index (χ2v) is 7.09. The Hall–Kier alpha value is -1.96. The fourth-order valence-electron chi connectivity index (χ4n) is 2.94. The summed E-state index contributed by atoms with van der Waals surface area (Å²) in [5.41, 5.74) is 0.613. The van der Waals surface area contributed by atoms with Crippen molar-refractivity contribution in [2.45, 2.75) is 51.1 Å². The largest absolute Gasteiger partial charge is 0.352 e. The Balaban J connectivity index is 1.65. The molecule has 4 rings (SSSR count). The van der Waals surface area contributed by atoms with E-state index in [-0.39, 0.29) is 17.5 Å². The standard InChI is InChI=1S/C15H19N5O2S/c1-2-9-8-12(21)20-14(17-9)23-15(18-20)19-7-3-4-11(19)13(22)16-10-5-6-10/h8,10-11H,2-7H2,1H3,(H,16,22). The van der Waals surface area contributed by atoms with Gasteiger partial charge in [0.1, 0.15) is 6.04 Å². The number of rotatable bonds is 4. The van der Waals surface area contributed by atoms with E-state index < -0.39 is 0 Å². The molecule has 2 aliphatic rings. The van der Waals surface area contributed by atoms with Crippen LogP contribution in [0.3, 0.4) is 0 Å². The minimum absolute atomic E-state index is 0.0822. The van der Waals surface area contributed by atoms with Crippen LogP contribution in [0.4, 0.5) is 5.13 Å². The zero-order valence-electron chi connectivity index (χ0n) is 13.0. The lowest BCUT2D eigenvalue weighted by molar-refractivity contribution is -0.122. The maximum Gasteiger partial charge on any atom is 0.275 e. The van der Waals surface area contributed by atoms with Crippen molar-refractivity contribution in [2.24, 2.45) is 0 Å². The van der Waals surface area contributed by atoms with Crippen molar-refractivity contribution < 1.29 is 4.79 Å². The lowest BCUT2D eigenvalue weighted by atomic mass is 10.2. The average molecular weight is 333 g/mol. The molecule has 2 fully saturated rings. The van der Waals surface area contributed by atoms with Crippen LogP contribution >= 0.6 is 11.3 Å². The van der Waals surface area contributed by atoms with Crippen molar-refractivity contribution in [1.82, 2.24) is 19.9 Å². The summed E-state index contributed by atoms with van der Waals surface area (Å²) < 4.78 is 1.34. The van der Waals surface area contributed by atoms with Crippen LogP contribution in [-0.2, 0) is 11.2 Å². The van der Waals surface area contributed by atoms with E-state index in [0.717, 1.165) is 44.3 Å². The van der Waals surface area contributed by atoms with E-state index in [4.69, 9.17) is 0 Å². The molecule has 0 radical (unpaired) electrons. The first-order valence-electron chi connectivity index (χ1n) is 8.12.